The Kier molecular flexibility index (Phi) is 6.09. The van der Waals surface area contributed by atoms with Gasteiger partial charge in [0.1, 0.15) is 12.4 Å². The molecule has 0 bridgehead atoms. The van der Waals surface area contributed by atoms with Crippen LogP contribution in [0.3, 0.4) is 0 Å². The van der Waals surface area contributed by atoms with Crippen LogP contribution in [-0.4, -0.2) is 29.3 Å². The third-order valence-electron chi connectivity index (χ3n) is 2.79. The van der Waals surface area contributed by atoms with Crippen LogP contribution in [0, 0.1) is 12.8 Å². The molecule has 2 N–H and O–H groups in total. The molecule has 102 valence electrons. The lowest BCUT2D eigenvalue weighted by atomic mass is 10.1. The maximum absolute atomic E-state index is 9.75. The SMILES string of the molecule is CCNCc1nc(C)ccc1OCC(O)C(C)C. The van der Waals surface area contributed by atoms with Gasteiger partial charge in [-0.15, -0.1) is 0 Å². The van der Waals surface area contributed by atoms with Crippen molar-refractivity contribution in [2.75, 3.05) is 13.2 Å². The highest BCUT2D eigenvalue weighted by Gasteiger charge is 2.12. The van der Waals surface area contributed by atoms with Gasteiger partial charge in [0.25, 0.3) is 0 Å². The maximum atomic E-state index is 9.75. The molecule has 18 heavy (non-hydrogen) atoms. The first kappa shape index (κ1) is 14.9. The van der Waals surface area contributed by atoms with Gasteiger partial charge in [-0.3, -0.25) is 4.98 Å². The van der Waals surface area contributed by atoms with Crippen molar-refractivity contribution < 1.29 is 9.84 Å². The van der Waals surface area contributed by atoms with Gasteiger partial charge >= 0.3 is 0 Å². The van der Waals surface area contributed by atoms with E-state index in [4.69, 9.17) is 4.74 Å². The van der Waals surface area contributed by atoms with E-state index in [0.717, 1.165) is 23.7 Å². The summed E-state index contributed by atoms with van der Waals surface area (Å²) >= 11 is 0. The number of aliphatic hydroxyl groups is 1. The first-order valence-corrected chi connectivity index (χ1v) is 6.52. The molecule has 0 spiro atoms. The molecule has 0 aliphatic heterocycles. The Morgan fingerprint density at radius 1 is 1.39 bits per heavy atom. The van der Waals surface area contributed by atoms with Gasteiger partial charge < -0.3 is 15.2 Å². The summed E-state index contributed by atoms with van der Waals surface area (Å²) in [6.45, 7) is 9.85. The molecule has 1 heterocycles. The van der Waals surface area contributed by atoms with Gasteiger partial charge in [-0.05, 0) is 31.5 Å². The molecule has 4 nitrogen and oxygen atoms in total. The molecule has 0 saturated heterocycles. The number of ether oxygens (including phenoxy) is 1. The summed E-state index contributed by atoms with van der Waals surface area (Å²) in [5, 5.41) is 13.0. The Hall–Kier alpha value is -1.13. The molecule has 0 amide bonds. The third-order valence-corrected chi connectivity index (χ3v) is 2.79. The number of nitrogens with zero attached hydrogens (tertiary/aromatic N) is 1. The molecule has 1 aromatic heterocycles. The van der Waals surface area contributed by atoms with Crippen molar-refractivity contribution in [3.8, 4) is 5.75 Å². The Labute approximate surface area is 109 Å². The molecule has 1 rings (SSSR count). The molecule has 1 unspecified atom stereocenters. The highest BCUT2D eigenvalue weighted by Crippen LogP contribution is 2.17. The van der Waals surface area contributed by atoms with E-state index >= 15 is 0 Å². The van der Waals surface area contributed by atoms with Crippen molar-refractivity contribution in [2.24, 2.45) is 5.92 Å². The second-order valence-electron chi connectivity index (χ2n) is 4.80. The molecule has 0 aromatic carbocycles. The second-order valence-corrected chi connectivity index (χ2v) is 4.80. The standard InChI is InChI=1S/C14H24N2O2/c1-5-15-8-12-14(7-6-11(4)16-12)18-9-13(17)10(2)3/h6-7,10,13,15,17H,5,8-9H2,1-4H3. The number of pyridine rings is 1. The lowest BCUT2D eigenvalue weighted by Gasteiger charge is -2.17. The van der Waals surface area contributed by atoms with E-state index in [9.17, 15) is 5.11 Å². The molecule has 0 radical (unpaired) electrons. The molecule has 0 aliphatic rings. The smallest absolute Gasteiger partial charge is 0.142 e. The largest absolute Gasteiger partial charge is 0.489 e. The van der Waals surface area contributed by atoms with E-state index in [1.165, 1.54) is 0 Å². The van der Waals surface area contributed by atoms with E-state index in [0.29, 0.717) is 13.2 Å². The van der Waals surface area contributed by atoms with Crippen LogP contribution in [0.5, 0.6) is 5.75 Å². The minimum atomic E-state index is -0.446. The predicted molar refractivity (Wildman–Crippen MR) is 72.7 cm³/mol. The van der Waals surface area contributed by atoms with Gasteiger partial charge in [-0.25, -0.2) is 0 Å². The molecule has 4 heteroatoms. The van der Waals surface area contributed by atoms with E-state index in [1.54, 1.807) is 0 Å². The van der Waals surface area contributed by atoms with E-state index in [1.807, 2.05) is 32.9 Å². The first-order valence-electron chi connectivity index (χ1n) is 6.52. The van der Waals surface area contributed by atoms with E-state index in [-0.39, 0.29) is 5.92 Å². The number of hydrogen-bond acceptors (Lipinski definition) is 4. The van der Waals surface area contributed by atoms with Crippen LogP contribution in [0.1, 0.15) is 32.2 Å². The summed E-state index contributed by atoms with van der Waals surface area (Å²) in [4.78, 5) is 4.46. The van der Waals surface area contributed by atoms with Gasteiger partial charge in [0.05, 0.1) is 11.8 Å². The number of aromatic nitrogens is 1. The normalized spacial score (nSPS) is 12.8. The van der Waals surface area contributed by atoms with Crippen molar-refractivity contribution in [3.05, 3.63) is 23.5 Å². The average molecular weight is 252 g/mol. The maximum Gasteiger partial charge on any atom is 0.142 e. The summed E-state index contributed by atoms with van der Waals surface area (Å²) in [6.07, 6.45) is -0.446. The fourth-order valence-corrected chi connectivity index (χ4v) is 1.47. The monoisotopic (exact) mass is 252 g/mol. The number of rotatable bonds is 7. The van der Waals surface area contributed by atoms with Crippen LogP contribution in [0.2, 0.25) is 0 Å². The Morgan fingerprint density at radius 2 is 2.11 bits per heavy atom. The summed E-state index contributed by atoms with van der Waals surface area (Å²) in [7, 11) is 0. The van der Waals surface area contributed by atoms with Crippen LogP contribution in [0.4, 0.5) is 0 Å². The molecule has 0 aliphatic carbocycles. The highest BCUT2D eigenvalue weighted by atomic mass is 16.5. The van der Waals surface area contributed by atoms with E-state index in [2.05, 4.69) is 17.2 Å². The van der Waals surface area contributed by atoms with Crippen LogP contribution in [0.15, 0.2) is 12.1 Å². The minimum Gasteiger partial charge on any atom is -0.489 e. The number of nitrogens with one attached hydrogen (secondary N) is 1. The van der Waals surface area contributed by atoms with Crippen LogP contribution in [-0.2, 0) is 6.54 Å². The zero-order chi connectivity index (χ0) is 13.5. The van der Waals surface area contributed by atoms with Crippen LogP contribution in [0.25, 0.3) is 0 Å². The summed E-state index contributed by atoms with van der Waals surface area (Å²) in [6, 6.07) is 3.84. The number of aryl methyl sites for hydroxylation is 1. The molecule has 1 atom stereocenters. The number of aliphatic hydroxyl groups excluding tert-OH is 1. The lowest BCUT2D eigenvalue weighted by molar-refractivity contribution is 0.0695. The first-order chi connectivity index (χ1) is 8.54. The zero-order valence-corrected chi connectivity index (χ0v) is 11.7. The average Bonchev–Trinajstić information content (AvgIpc) is 2.34. The van der Waals surface area contributed by atoms with Crippen molar-refractivity contribution in [1.82, 2.24) is 10.3 Å². The summed E-state index contributed by atoms with van der Waals surface area (Å²) in [5.41, 5.74) is 1.87. The quantitative estimate of drug-likeness (QED) is 0.778. The van der Waals surface area contributed by atoms with Crippen molar-refractivity contribution >= 4 is 0 Å². The van der Waals surface area contributed by atoms with Crippen molar-refractivity contribution in [2.45, 2.75) is 40.3 Å². The molecule has 0 saturated carbocycles. The van der Waals surface area contributed by atoms with Gasteiger partial charge in [0.15, 0.2) is 0 Å². The fraction of sp³-hybridized carbons (Fsp3) is 0.643. The Morgan fingerprint density at radius 3 is 2.72 bits per heavy atom. The van der Waals surface area contributed by atoms with Gasteiger partial charge in [0, 0.05) is 12.2 Å². The molecular weight excluding hydrogens is 228 g/mol. The van der Waals surface area contributed by atoms with Crippen LogP contribution >= 0.6 is 0 Å². The van der Waals surface area contributed by atoms with Gasteiger partial charge in [-0.2, -0.15) is 0 Å². The lowest BCUT2D eigenvalue weighted by Crippen LogP contribution is -2.24. The number of hydrogen-bond donors (Lipinski definition) is 2. The van der Waals surface area contributed by atoms with Crippen molar-refractivity contribution in [3.63, 3.8) is 0 Å². The third kappa shape index (κ3) is 4.63. The predicted octanol–water partition coefficient (Wildman–Crippen LogP) is 1.90. The highest BCUT2D eigenvalue weighted by molar-refractivity contribution is 5.29. The minimum absolute atomic E-state index is 0.195. The van der Waals surface area contributed by atoms with E-state index < -0.39 is 6.10 Å². The van der Waals surface area contributed by atoms with Gasteiger partial charge in [0.2, 0.25) is 0 Å². The van der Waals surface area contributed by atoms with Gasteiger partial charge in [-0.1, -0.05) is 20.8 Å². The fourth-order valence-electron chi connectivity index (χ4n) is 1.47. The molecule has 0 fully saturated rings. The second kappa shape index (κ2) is 7.34. The van der Waals surface area contributed by atoms with Crippen molar-refractivity contribution in [1.29, 1.82) is 0 Å². The topological polar surface area (TPSA) is 54.4 Å². The molecule has 1 aromatic rings. The molecular formula is C14H24N2O2. The Bertz CT molecular complexity index is 367. The summed E-state index contributed by atoms with van der Waals surface area (Å²) < 4.78 is 5.66. The van der Waals surface area contributed by atoms with Crippen LogP contribution < -0.4 is 10.1 Å². The zero-order valence-electron chi connectivity index (χ0n) is 11.7. The summed E-state index contributed by atoms with van der Waals surface area (Å²) in [5.74, 6) is 0.946. The Balaban J connectivity index is 2.68.